The van der Waals surface area contributed by atoms with Gasteiger partial charge in [-0.25, -0.2) is 0 Å². The van der Waals surface area contributed by atoms with Crippen molar-refractivity contribution in [3.05, 3.63) is 30.0 Å². The molecular weight excluding hydrogens is 280 g/mol. The molecule has 118 valence electrons. The van der Waals surface area contributed by atoms with Crippen molar-refractivity contribution in [3.8, 4) is 5.75 Å². The van der Waals surface area contributed by atoms with Crippen molar-refractivity contribution in [1.29, 1.82) is 0 Å². The molecule has 1 aromatic carbocycles. The lowest BCUT2D eigenvalue weighted by atomic mass is 10.1. The van der Waals surface area contributed by atoms with E-state index in [0.717, 1.165) is 31.6 Å². The molecule has 0 spiro atoms. The van der Waals surface area contributed by atoms with E-state index in [4.69, 9.17) is 9.15 Å². The highest BCUT2D eigenvalue weighted by atomic mass is 16.5. The molecule has 1 saturated heterocycles. The van der Waals surface area contributed by atoms with E-state index in [1.807, 2.05) is 36.9 Å². The van der Waals surface area contributed by atoms with E-state index >= 15 is 0 Å². The van der Waals surface area contributed by atoms with Crippen LogP contribution in [0.5, 0.6) is 5.75 Å². The molecule has 2 aromatic rings. The van der Waals surface area contributed by atoms with Gasteiger partial charge in [0.25, 0.3) is 5.91 Å². The van der Waals surface area contributed by atoms with Gasteiger partial charge in [-0.15, -0.1) is 0 Å². The van der Waals surface area contributed by atoms with Crippen LogP contribution in [0, 0.1) is 0 Å². The first kappa shape index (κ1) is 14.9. The van der Waals surface area contributed by atoms with Crippen molar-refractivity contribution in [3.63, 3.8) is 0 Å². The summed E-state index contributed by atoms with van der Waals surface area (Å²) in [6.07, 6.45) is 1.68. The van der Waals surface area contributed by atoms with Gasteiger partial charge in [-0.05, 0) is 39.1 Å². The van der Waals surface area contributed by atoms with Gasteiger partial charge in [0.2, 0.25) is 0 Å². The van der Waals surface area contributed by atoms with Crippen LogP contribution in [0.25, 0.3) is 11.0 Å². The highest BCUT2D eigenvalue weighted by Gasteiger charge is 2.22. The van der Waals surface area contributed by atoms with E-state index in [9.17, 15) is 4.79 Å². The summed E-state index contributed by atoms with van der Waals surface area (Å²) in [5.74, 6) is 0.749. The van der Waals surface area contributed by atoms with Crippen LogP contribution in [-0.2, 0) is 0 Å². The normalized spacial score (nSPS) is 16.5. The zero-order valence-corrected chi connectivity index (χ0v) is 13.3. The van der Waals surface area contributed by atoms with Crippen molar-refractivity contribution >= 4 is 16.9 Å². The molecule has 5 heteroatoms. The lowest BCUT2D eigenvalue weighted by Crippen LogP contribution is -2.47. The number of hydrogen-bond acceptors (Lipinski definition) is 4. The summed E-state index contributed by atoms with van der Waals surface area (Å²) in [7, 11) is 2.07. The lowest BCUT2D eigenvalue weighted by molar-refractivity contribution is 0.0663. The average Bonchev–Trinajstić information content (AvgIpc) is 2.95. The summed E-state index contributed by atoms with van der Waals surface area (Å²) in [5, 5.41) is 0.906. The Morgan fingerprint density at radius 1 is 1.23 bits per heavy atom. The molecule has 1 aromatic heterocycles. The monoisotopic (exact) mass is 302 g/mol. The molecule has 0 saturated carbocycles. The Morgan fingerprint density at radius 3 is 2.64 bits per heavy atom. The van der Waals surface area contributed by atoms with Crippen molar-refractivity contribution in [2.24, 2.45) is 0 Å². The Bertz CT molecular complexity index is 670. The molecular formula is C17H22N2O3. The summed E-state index contributed by atoms with van der Waals surface area (Å²) in [6.45, 7) is 7.27. The standard InChI is InChI=1S/C17H22N2O3/c1-12(2)22-16-11-13(10-15-14(16)4-9-21-15)17(20)19-7-5-18(3)6-8-19/h4,9-12H,5-8H2,1-3H3. The molecule has 0 N–H and O–H groups in total. The van der Waals surface area contributed by atoms with E-state index in [1.54, 1.807) is 6.26 Å². The van der Waals surface area contributed by atoms with Gasteiger partial charge in [0.15, 0.2) is 0 Å². The lowest BCUT2D eigenvalue weighted by Gasteiger charge is -2.32. The molecule has 1 aliphatic heterocycles. The molecule has 5 nitrogen and oxygen atoms in total. The van der Waals surface area contributed by atoms with Crippen LogP contribution in [0.1, 0.15) is 24.2 Å². The molecule has 22 heavy (non-hydrogen) atoms. The van der Waals surface area contributed by atoms with E-state index in [1.165, 1.54) is 0 Å². The number of furan rings is 1. The van der Waals surface area contributed by atoms with Crippen molar-refractivity contribution in [1.82, 2.24) is 9.80 Å². The highest BCUT2D eigenvalue weighted by molar-refractivity contribution is 5.99. The van der Waals surface area contributed by atoms with Crippen LogP contribution in [0.2, 0.25) is 0 Å². The fourth-order valence-corrected chi connectivity index (χ4v) is 2.71. The van der Waals surface area contributed by atoms with Gasteiger partial charge in [0.1, 0.15) is 11.3 Å². The van der Waals surface area contributed by atoms with E-state index in [2.05, 4.69) is 11.9 Å². The van der Waals surface area contributed by atoms with Gasteiger partial charge in [0, 0.05) is 31.7 Å². The first-order chi connectivity index (χ1) is 10.5. The van der Waals surface area contributed by atoms with Crippen molar-refractivity contribution in [2.45, 2.75) is 20.0 Å². The predicted octanol–water partition coefficient (Wildman–Crippen LogP) is 2.61. The van der Waals surface area contributed by atoms with Gasteiger partial charge in [-0.2, -0.15) is 0 Å². The number of benzene rings is 1. The zero-order valence-electron chi connectivity index (χ0n) is 13.3. The number of carbonyl (C=O) groups is 1. The molecule has 1 aliphatic rings. The summed E-state index contributed by atoms with van der Waals surface area (Å²) >= 11 is 0. The number of hydrogen-bond donors (Lipinski definition) is 0. The minimum atomic E-state index is 0.0417. The number of nitrogens with zero attached hydrogens (tertiary/aromatic N) is 2. The Labute approximate surface area is 130 Å². The molecule has 1 amide bonds. The fourth-order valence-electron chi connectivity index (χ4n) is 2.71. The number of likely N-dealkylation sites (N-methyl/N-ethyl adjacent to an activating group) is 1. The first-order valence-electron chi connectivity index (χ1n) is 7.70. The molecule has 0 bridgehead atoms. The second-order valence-corrected chi connectivity index (χ2v) is 6.07. The first-order valence-corrected chi connectivity index (χ1v) is 7.70. The largest absolute Gasteiger partial charge is 0.490 e. The number of fused-ring (bicyclic) bond motifs is 1. The summed E-state index contributed by atoms with van der Waals surface area (Å²) < 4.78 is 11.3. The smallest absolute Gasteiger partial charge is 0.254 e. The summed E-state index contributed by atoms with van der Waals surface area (Å²) in [4.78, 5) is 16.8. The third-order valence-electron chi connectivity index (χ3n) is 3.93. The topological polar surface area (TPSA) is 45.9 Å². The number of rotatable bonds is 3. The third-order valence-corrected chi connectivity index (χ3v) is 3.93. The Hall–Kier alpha value is -2.01. The van der Waals surface area contributed by atoms with Crippen LogP contribution in [0.15, 0.2) is 28.9 Å². The van der Waals surface area contributed by atoms with Gasteiger partial charge in [-0.3, -0.25) is 4.79 Å². The maximum absolute atomic E-state index is 12.7. The number of amides is 1. The Balaban J connectivity index is 1.91. The minimum Gasteiger partial charge on any atom is -0.490 e. The number of carbonyl (C=O) groups excluding carboxylic acids is 1. The summed E-state index contributed by atoms with van der Waals surface area (Å²) in [5.41, 5.74) is 1.32. The molecule has 2 heterocycles. The van der Waals surface area contributed by atoms with Crippen molar-refractivity contribution < 1.29 is 13.9 Å². The van der Waals surface area contributed by atoms with E-state index < -0.39 is 0 Å². The van der Waals surface area contributed by atoms with Gasteiger partial charge in [-0.1, -0.05) is 0 Å². The second kappa shape index (κ2) is 6.01. The van der Waals surface area contributed by atoms with Crippen LogP contribution < -0.4 is 4.74 Å². The zero-order chi connectivity index (χ0) is 15.7. The number of piperazine rings is 1. The van der Waals surface area contributed by atoms with Crippen molar-refractivity contribution in [2.75, 3.05) is 33.2 Å². The molecule has 3 rings (SSSR count). The van der Waals surface area contributed by atoms with Crippen LogP contribution in [-0.4, -0.2) is 55.0 Å². The SMILES string of the molecule is CC(C)Oc1cc(C(=O)N2CCN(C)CC2)cc2occc12. The average molecular weight is 302 g/mol. The molecule has 0 atom stereocenters. The predicted molar refractivity (Wildman–Crippen MR) is 85.4 cm³/mol. The van der Waals surface area contributed by atoms with Crippen LogP contribution >= 0.6 is 0 Å². The molecule has 1 fully saturated rings. The van der Waals surface area contributed by atoms with Crippen LogP contribution in [0.4, 0.5) is 0 Å². The van der Waals surface area contributed by atoms with Gasteiger partial charge in [0.05, 0.1) is 17.8 Å². The van der Waals surface area contributed by atoms with E-state index in [0.29, 0.717) is 16.9 Å². The number of ether oxygens (including phenoxy) is 1. The third kappa shape index (κ3) is 2.95. The van der Waals surface area contributed by atoms with Crippen LogP contribution in [0.3, 0.4) is 0 Å². The quantitative estimate of drug-likeness (QED) is 0.874. The fraction of sp³-hybridized carbons (Fsp3) is 0.471. The minimum absolute atomic E-state index is 0.0417. The molecule has 0 unspecified atom stereocenters. The Morgan fingerprint density at radius 2 is 1.95 bits per heavy atom. The van der Waals surface area contributed by atoms with Gasteiger partial charge < -0.3 is 19.0 Å². The maximum Gasteiger partial charge on any atom is 0.254 e. The highest BCUT2D eigenvalue weighted by Crippen LogP contribution is 2.30. The molecule has 0 radical (unpaired) electrons. The summed E-state index contributed by atoms with van der Waals surface area (Å²) in [6, 6.07) is 5.51. The maximum atomic E-state index is 12.7. The van der Waals surface area contributed by atoms with E-state index in [-0.39, 0.29) is 12.0 Å². The second-order valence-electron chi connectivity index (χ2n) is 6.07. The van der Waals surface area contributed by atoms with Gasteiger partial charge >= 0.3 is 0 Å². The molecule has 0 aliphatic carbocycles. The Kier molecular flexibility index (Phi) is 4.07.